The van der Waals surface area contributed by atoms with E-state index < -0.39 is 68.6 Å². The van der Waals surface area contributed by atoms with Crippen LogP contribution < -0.4 is 0 Å². The van der Waals surface area contributed by atoms with E-state index in [1.165, 1.54) is 72.1 Å². The number of esters is 2. The summed E-state index contributed by atoms with van der Waals surface area (Å²) < 4.78 is 22.1. The summed E-state index contributed by atoms with van der Waals surface area (Å²) in [5, 5.41) is 40.4. The maximum atomic E-state index is 13.0. The maximum Gasteiger partial charge on any atom is 0.331 e. The van der Waals surface area contributed by atoms with Crippen molar-refractivity contribution in [3.8, 4) is 0 Å². The number of hydrogen-bond acceptors (Lipinski definition) is 10. The molecular weight excluding hydrogens is 773 g/mol. The summed E-state index contributed by atoms with van der Waals surface area (Å²) in [6.45, 7) is 19.9. The monoisotopic (exact) mass is 847 g/mol. The van der Waals surface area contributed by atoms with Gasteiger partial charge in [0.15, 0.2) is 12.4 Å². The van der Waals surface area contributed by atoms with Crippen LogP contribution in [-0.2, 0) is 28.5 Å². The molecule has 1 heterocycles. The second-order valence-electron chi connectivity index (χ2n) is 18.3. The van der Waals surface area contributed by atoms with Crippen molar-refractivity contribution in [2.75, 3.05) is 19.8 Å². The van der Waals surface area contributed by atoms with Crippen LogP contribution in [0.4, 0.5) is 0 Å². The van der Waals surface area contributed by atoms with Crippen LogP contribution in [-0.4, -0.2) is 89.0 Å². The first kappa shape index (κ1) is 51.5. The molecule has 338 valence electrons. The summed E-state index contributed by atoms with van der Waals surface area (Å²) >= 11 is 0. The summed E-state index contributed by atoms with van der Waals surface area (Å²) in [6, 6.07) is 0. The molecule has 10 heteroatoms. The molecule has 1 saturated heterocycles. The predicted octanol–water partition coefficient (Wildman–Crippen LogP) is 9.10. The van der Waals surface area contributed by atoms with Gasteiger partial charge in [-0.15, -0.1) is 0 Å². The molecular formula is C51H74O10. The van der Waals surface area contributed by atoms with Crippen molar-refractivity contribution >= 4 is 11.9 Å². The van der Waals surface area contributed by atoms with E-state index in [1.807, 2.05) is 31.2 Å². The highest BCUT2D eigenvalue weighted by atomic mass is 16.7. The van der Waals surface area contributed by atoms with Crippen molar-refractivity contribution in [1.82, 2.24) is 0 Å². The number of rotatable bonds is 19. The zero-order chi connectivity index (χ0) is 45.3. The fraction of sp³-hybridized carbons (Fsp3) is 0.569. The molecule has 10 nitrogen and oxygen atoms in total. The van der Waals surface area contributed by atoms with Crippen molar-refractivity contribution < 1.29 is 49.0 Å². The molecule has 0 spiro atoms. The smallest absolute Gasteiger partial charge is 0.331 e. The van der Waals surface area contributed by atoms with E-state index in [-0.39, 0.29) is 10.8 Å². The fourth-order valence-corrected chi connectivity index (χ4v) is 8.11. The van der Waals surface area contributed by atoms with Gasteiger partial charge in [0.2, 0.25) is 0 Å². The second-order valence-corrected chi connectivity index (χ2v) is 18.3. The van der Waals surface area contributed by atoms with Crippen LogP contribution in [0.15, 0.2) is 117 Å². The average molecular weight is 847 g/mol. The minimum absolute atomic E-state index is 0.193. The Morgan fingerprint density at radius 3 is 2.03 bits per heavy atom. The number of hydrogen-bond donors (Lipinski definition) is 4. The molecule has 1 fully saturated rings. The van der Waals surface area contributed by atoms with Crippen molar-refractivity contribution in [1.29, 1.82) is 0 Å². The van der Waals surface area contributed by atoms with E-state index in [0.29, 0.717) is 11.1 Å². The number of carbonyl (C=O) groups excluding carboxylic acids is 2. The topological polar surface area (TPSA) is 152 Å². The standard InChI is InChI=1S/C51H74O10/c1-34(19-13-25-41-38(5)23-15-27-50(41,7)8)17-11-21-36(3)29-44(53)58-32-40(33-59-49-48(57)47(56)46(55)43(31-52)61-49)60-45(54)30-37(4)22-12-18-35(2)20-14-26-42-39(6)24-16-28-51(42,9)10/h11-14,17-18,20-22,25,29-30,40,43,46-49,52,55-57H,15-16,19,23-24,26-28,31-33H2,1-10H3/b20-14+,21-11+,22-12+,25-13+,34-17+,35-18+,36-29+,37-30+/t40?,43-,46-,47+,48-,49-/m1/s1. The van der Waals surface area contributed by atoms with E-state index in [0.717, 1.165) is 24.8 Å². The molecule has 0 aromatic carbocycles. The molecule has 0 amide bonds. The van der Waals surface area contributed by atoms with Gasteiger partial charge in [-0.2, -0.15) is 0 Å². The molecule has 0 bridgehead atoms. The van der Waals surface area contributed by atoms with Gasteiger partial charge in [0, 0.05) is 12.2 Å². The lowest BCUT2D eigenvalue weighted by atomic mass is 9.71. The number of ether oxygens (including phenoxy) is 4. The Morgan fingerprint density at radius 1 is 0.770 bits per heavy atom. The number of carbonyl (C=O) groups is 2. The zero-order valence-electron chi connectivity index (χ0n) is 38.4. The van der Waals surface area contributed by atoms with E-state index >= 15 is 0 Å². The molecule has 1 unspecified atom stereocenters. The largest absolute Gasteiger partial charge is 0.458 e. The normalized spacial score (nSPS) is 26.3. The predicted molar refractivity (Wildman–Crippen MR) is 242 cm³/mol. The van der Waals surface area contributed by atoms with Crippen LogP contribution in [0.1, 0.15) is 121 Å². The Balaban J connectivity index is 1.62. The van der Waals surface area contributed by atoms with Gasteiger partial charge in [0.25, 0.3) is 0 Å². The highest BCUT2D eigenvalue weighted by Gasteiger charge is 2.44. The summed E-state index contributed by atoms with van der Waals surface area (Å²) in [4.78, 5) is 25.9. The van der Waals surface area contributed by atoms with Gasteiger partial charge in [-0.25, -0.2) is 9.59 Å². The quantitative estimate of drug-likeness (QED) is 0.0429. The molecule has 0 radical (unpaired) electrons. The molecule has 3 aliphatic rings. The van der Waals surface area contributed by atoms with Gasteiger partial charge in [0.1, 0.15) is 31.0 Å². The highest BCUT2D eigenvalue weighted by molar-refractivity contribution is 5.84. The summed E-state index contributed by atoms with van der Waals surface area (Å²) in [5.74, 6) is -1.39. The lowest BCUT2D eigenvalue weighted by Gasteiger charge is -2.39. The zero-order valence-corrected chi connectivity index (χ0v) is 38.4. The third kappa shape index (κ3) is 17.1. The lowest BCUT2D eigenvalue weighted by Crippen LogP contribution is -2.59. The molecule has 2 aliphatic carbocycles. The average Bonchev–Trinajstić information content (AvgIpc) is 3.17. The molecule has 4 N–H and O–H groups in total. The molecule has 0 aromatic heterocycles. The molecule has 3 rings (SSSR count). The highest BCUT2D eigenvalue weighted by Crippen LogP contribution is 2.42. The molecule has 61 heavy (non-hydrogen) atoms. The Hall–Kier alpha value is -3.90. The number of aliphatic hydroxyl groups excluding tert-OH is 4. The van der Waals surface area contributed by atoms with E-state index in [1.54, 1.807) is 26.0 Å². The second kappa shape index (κ2) is 24.7. The summed E-state index contributed by atoms with van der Waals surface area (Å²) in [7, 11) is 0. The van der Waals surface area contributed by atoms with Crippen LogP contribution in [0.2, 0.25) is 0 Å². The third-order valence-electron chi connectivity index (χ3n) is 11.8. The van der Waals surface area contributed by atoms with Crippen LogP contribution >= 0.6 is 0 Å². The van der Waals surface area contributed by atoms with Gasteiger partial charge in [-0.1, -0.05) is 116 Å². The summed E-state index contributed by atoms with van der Waals surface area (Å²) in [6.07, 6.45) is 22.9. The molecule has 0 aromatic rings. The number of allylic oxidation sites excluding steroid dienone is 18. The van der Waals surface area contributed by atoms with E-state index in [4.69, 9.17) is 18.9 Å². The Morgan fingerprint density at radius 2 is 1.39 bits per heavy atom. The lowest BCUT2D eigenvalue weighted by molar-refractivity contribution is -0.305. The minimum Gasteiger partial charge on any atom is -0.458 e. The SMILES string of the molecule is CC1=C(/C=C/C/C(C)=C/C=C/C(C)=C/C(=O)OCC(CO[C@@H]2O[C@H](CO)[C@@H](O)[C@H](O)[C@H]2O)OC(=O)/C=C(C)/C=C/C=C(C)/C=C/CC2=C(C)CCCC2(C)C)C(C)(C)CCC1. The Labute approximate surface area is 365 Å². The third-order valence-corrected chi connectivity index (χ3v) is 11.8. The van der Waals surface area contributed by atoms with Crippen molar-refractivity contribution in [3.05, 3.63) is 117 Å². The van der Waals surface area contributed by atoms with Crippen molar-refractivity contribution in [2.45, 2.75) is 157 Å². The minimum atomic E-state index is -1.66. The molecule has 0 saturated carbocycles. The van der Waals surface area contributed by atoms with Crippen molar-refractivity contribution in [2.24, 2.45) is 10.8 Å². The Kier molecular flexibility index (Phi) is 20.8. The fourth-order valence-electron chi connectivity index (χ4n) is 8.11. The number of aliphatic hydroxyl groups is 4. The van der Waals surface area contributed by atoms with Crippen LogP contribution in [0.3, 0.4) is 0 Å². The first-order valence-electron chi connectivity index (χ1n) is 21.8. The molecule has 1 aliphatic heterocycles. The van der Waals surface area contributed by atoms with Crippen molar-refractivity contribution in [3.63, 3.8) is 0 Å². The van der Waals surface area contributed by atoms with Gasteiger partial charge >= 0.3 is 11.9 Å². The maximum absolute atomic E-state index is 13.0. The first-order valence-corrected chi connectivity index (χ1v) is 21.8. The van der Waals surface area contributed by atoms with Crippen LogP contribution in [0.5, 0.6) is 0 Å². The van der Waals surface area contributed by atoms with Crippen LogP contribution in [0, 0.1) is 10.8 Å². The van der Waals surface area contributed by atoms with E-state index in [2.05, 4.69) is 72.8 Å². The van der Waals surface area contributed by atoms with Gasteiger partial charge in [-0.05, 0) is 120 Å². The van der Waals surface area contributed by atoms with Gasteiger partial charge < -0.3 is 39.4 Å². The Bertz CT molecular complexity index is 1810. The molecule has 6 atom stereocenters. The van der Waals surface area contributed by atoms with Crippen LogP contribution in [0.25, 0.3) is 0 Å². The van der Waals surface area contributed by atoms with Gasteiger partial charge in [0.05, 0.1) is 13.2 Å². The first-order chi connectivity index (χ1) is 28.7. The summed E-state index contributed by atoms with van der Waals surface area (Å²) in [5.41, 5.74) is 9.81. The van der Waals surface area contributed by atoms with Gasteiger partial charge in [-0.3, -0.25) is 0 Å². The van der Waals surface area contributed by atoms with E-state index in [9.17, 15) is 30.0 Å².